The molecule has 0 saturated heterocycles. The molecule has 108 valence electrons. The number of anilines is 1. The van der Waals surface area contributed by atoms with Crippen molar-refractivity contribution in [3.05, 3.63) is 23.8 Å². The number of amides is 3. The standard InChI is InChI=1S/C12H15N3O5/c1-6(10(16)15-12(14)18)20-11(17)7-4-3-5-8(13)9(7)19-2/h3-6H,13H2,1-2H3,(H3,14,15,16,18). The van der Waals surface area contributed by atoms with E-state index in [1.165, 1.54) is 20.1 Å². The summed E-state index contributed by atoms with van der Waals surface area (Å²) in [5, 5.41) is 1.81. The molecule has 20 heavy (non-hydrogen) atoms. The van der Waals surface area contributed by atoms with Crippen molar-refractivity contribution >= 4 is 23.6 Å². The zero-order valence-corrected chi connectivity index (χ0v) is 11.0. The third kappa shape index (κ3) is 3.61. The minimum absolute atomic E-state index is 0.0752. The Morgan fingerprint density at radius 2 is 1.95 bits per heavy atom. The second-order valence-electron chi connectivity index (χ2n) is 3.83. The van der Waals surface area contributed by atoms with Gasteiger partial charge in [0.2, 0.25) is 0 Å². The third-order valence-electron chi connectivity index (χ3n) is 2.37. The van der Waals surface area contributed by atoms with Crippen LogP contribution in [0.3, 0.4) is 0 Å². The molecule has 0 radical (unpaired) electrons. The van der Waals surface area contributed by atoms with E-state index in [9.17, 15) is 14.4 Å². The van der Waals surface area contributed by atoms with E-state index >= 15 is 0 Å². The maximum absolute atomic E-state index is 11.9. The molecule has 8 heteroatoms. The number of carbonyl (C=O) groups excluding carboxylic acids is 3. The van der Waals surface area contributed by atoms with Crippen molar-refractivity contribution in [3.63, 3.8) is 0 Å². The van der Waals surface area contributed by atoms with Gasteiger partial charge in [0.15, 0.2) is 11.9 Å². The molecule has 1 atom stereocenters. The largest absolute Gasteiger partial charge is 0.494 e. The third-order valence-corrected chi connectivity index (χ3v) is 2.37. The second kappa shape index (κ2) is 6.41. The summed E-state index contributed by atoms with van der Waals surface area (Å²) in [7, 11) is 1.35. The van der Waals surface area contributed by atoms with Crippen LogP contribution < -0.4 is 21.5 Å². The normalized spacial score (nSPS) is 11.3. The summed E-state index contributed by atoms with van der Waals surface area (Å²) in [6.45, 7) is 1.30. The highest BCUT2D eigenvalue weighted by atomic mass is 16.5. The minimum atomic E-state index is -1.19. The molecule has 0 aliphatic carbocycles. The van der Waals surface area contributed by atoms with Gasteiger partial charge in [0, 0.05) is 0 Å². The van der Waals surface area contributed by atoms with Gasteiger partial charge < -0.3 is 20.9 Å². The van der Waals surface area contributed by atoms with Crippen LogP contribution >= 0.6 is 0 Å². The number of rotatable bonds is 4. The molecule has 0 spiro atoms. The Morgan fingerprint density at radius 1 is 1.30 bits per heavy atom. The number of esters is 1. The smallest absolute Gasteiger partial charge is 0.342 e. The predicted molar refractivity (Wildman–Crippen MR) is 70.0 cm³/mol. The van der Waals surface area contributed by atoms with Crippen molar-refractivity contribution in [2.24, 2.45) is 5.73 Å². The maximum Gasteiger partial charge on any atom is 0.342 e. The summed E-state index contributed by atoms with van der Waals surface area (Å²) in [5.74, 6) is -1.48. The van der Waals surface area contributed by atoms with Gasteiger partial charge in [0.05, 0.1) is 12.8 Å². The Balaban J connectivity index is 2.84. The van der Waals surface area contributed by atoms with Crippen LogP contribution in [0.15, 0.2) is 18.2 Å². The lowest BCUT2D eigenvalue weighted by Gasteiger charge is -2.14. The Morgan fingerprint density at radius 3 is 2.50 bits per heavy atom. The molecule has 8 nitrogen and oxygen atoms in total. The predicted octanol–water partition coefficient (Wildman–Crippen LogP) is 0.0176. The molecular formula is C12H15N3O5. The van der Waals surface area contributed by atoms with Gasteiger partial charge in [-0.3, -0.25) is 10.1 Å². The van der Waals surface area contributed by atoms with Crippen LogP contribution in [-0.2, 0) is 9.53 Å². The fraction of sp³-hybridized carbons (Fsp3) is 0.250. The zero-order valence-electron chi connectivity index (χ0n) is 11.0. The number of nitrogen functional groups attached to an aromatic ring is 1. The maximum atomic E-state index is 11.9. The fourth-order valence-corrected chi connectivity index (χ4v) is 1.44. The first-order chi connectivity index (χ1) is 9.36. The number of hydrogen-bond donors (Lipinski definition) is 3. The SMILES string of the molecule is COc1c(N)cccc1C(=O)OC(C)C(=O)NC(N)=O. The van der Waals surface area contributed by atoms with E-state index in [1.54, 1.807) is 17.4 Å². The topological polar surface area (TPSA) is 134 Å². The average Bonchev–Trinajstić information content (AvgIpc) is 2.37. The summed E-state index contributed by atoms with van der Waals surface area (Å²) in [6.07, 6.45) is -1.19. The number of methoxy groups -OCH3 is 1. The van der Waals surface area contributed by atoms with E-state index in [2.05, 4.69) is 0 Å². The van der Waals surface area contributed by atoms with Crippen molar-refractivity contribution in [2.75, 3.05) is 12.8 Å². The van der Waals surface area contributed by atoms with Gasteiger partial charge in [-0.1, -0.05) is 6.07 Å². The molecule has 1 unspecified atom stereocenters. The molecule has 1 rings (SSSR count). The van der Waals surface area contributed by atoms with E-state index in [-0.39, 0.29) is 17.0 Å². The molecule has 1 aromatic carbocycles. The van der Waals surface area contributed by atoms with Crippen LogP contribution in [0.5, 0.6) is 5.75 Å². The Hall–Kier alpha value is -2.77. The second-order valence-corrected chi connectivity index (χ2v) is 3.83. The van der Waals surface area contributed by atoms with E-state index in [0.717, 1.165) is 0 Å². The number of primary amides is 1. The fourth-order valence-electron chi connectivity index (χ4n) is 1.44. The van der Waals surface area contributed by atoms with Crippen molar-refractivity contribution in [1.82, 2.24) is 5.32 Å². The summed E-state index contributed by atoms with van der Waals surface area (Å²) < 4.78 is 9.91. The number of nitrogens with two attached hydrogens (primary N) is 2. The van der Waals surface area contributed by atoms with Crippen molar-refractivity contribution in [2.45, 2.75) is 13.0 Å². The number of ether oxygens (including phenoxy) is 2. The number of nitrogens with one attached hydrogen (secondary N) is 1. The molecule has 3 amide bonds. The van der Waals surface area contributed by atoms with Gasteiger partial charge in [-0.2, -0.15) is 0 Å². The molecule has 0 fully saturated rings. The van der Waals surface area contributed by atoms with Gasteiger partial charge in [-0.15, -0.1) is 0 Å². The summed E-state index contributed by atoms with van der Waals surface area (Å²) >= 11 is 0. The zero-order chi connectivity index (χ0) is 15.3. The van der Waals surface area contributed by atoms with Crippen molar-refractivity contribution < 1.29 is 23.9 Å². The van der Waals surface area contributed by atoms with Gasteiger partial charge in [0.1, 0.15) is 5.56 Å². The van der Waals surface area contributed by atoms with E-state index in [4.69, 9.17) is 20.9 Å². The summed E-state index contributed by atoms with van der Waals surface area (Å²) in [5.41, 5.74) is 10.8. The molecule has 5 N–H and O–H groups in total. The molecule has 1 aromatic rings. The highest BCUT2D eigenvalue weighted by molar-refractivity contribution is 5.99. The molecular weight excluding hydrogens is 266 g/mol. The van der Waals surface area contributed by atoms with Gasteiger partial charge in [0.25, 0.3) is 5.91 Å². The Labute approximate surface area is 115 Å². The molecule has 0 aliphatic rings. The number of carbonyl (C=O) groups is 3. The minimum Gasteiger partial charge on any atom is -0.494 e. The first-order valence-electron chi connectivity index (χ1n) is 5.60. The molecule has 0 heterocycles. The number of imide groups is 1. The number of urea groups is 1. The number of para-hydroxylation sites is 1. The highest BCUT2D eigenvalue weighted by Gasteiger charge is 2.22. The quantitative estimate of drug-likeness (QED) is 0.526. The monoisotopic (exact) mass is 281 g/mol. The van der Waals surface area contributed by atoms with Crippen LogP contribution in [0, 0.1) is 0 Å². The number of benzene rings is 1. The van der Waals surface area contributed by atoms with Crippen LogP contribution in [0.1, 0.15) is 17.3 Å². The lowest BCUT2D eigenvalue weighted by molar-refractivity contribution is -0.127. The van der Waals surface area contributed by atoms with Crippen molar-refractivity contribution in [1.29, 1.82) is 0 Å². The van der Waals surface area contributed by atoms with Gasteiger partial charge in [-0.05, 0) is 19.1 Å². The molecule has 0 saturated carbocycles. The van der Waals surface area contributed by atoms with Crippen LogP contribution in [0.2, 0.25) is 0 Å². The summed E-state index contributed by atoms with van der Waals surface area (Å²) in [6, 6.07) is 3.51. The lowest BCUT2D eigenvalue weighted by atomic mass is 10.1. The Bertz CT molecular complexity index is 544. The van der Waals surface area contributed by atoms with Crippen LogP contribution in [0.4, 0.5) is 10.5 Å². The summed E-state index contributed by atoms with van der Waals surface area (Å²) in [4.78, 5) is 33.8. The molecule has 0 aliphatic heterocycles. The number of hydrogen-bond acceptors (Lipinski definition) is 6. The van der Waals surface area contributed by atoms with Crippen molar-refractivity contribution in [3.8, 4) is 5.75 Å². The Kier molecular flexibility index (Phi) is 4.90. The first-order valence-corrected chi connectivity index (χ1v) is 5.60. The van der Waals surface area contributed by atoms with E-state index in [1.807, 2.05) is 0 Å². The van der Waals surface area contributed by atoms with Gasteiger partial charge >= 0.3 is 12.0 Å². The molecule has 0 aromatic heterocycles. The molecule has 0 bridgehead atoms. The van der Waals surface area contributed by atoms with E-state index < -0.39 is 24.0 Å². The van der Waals surface area contributed by atoms with Gasteiger partial charge in [-0.25, -0.2) is 9.59 Å². The lowest BCUT2D eigenvalue weighted by Crippen LogP contribution is -2.42. The first kappa shape index (κ1) is 15.3. The van der Waals surface area contributed by atoms with Crippen LogP contribution in [-0.4, -0.2) is 31.1 Å². The highest BCUT2D eigenvalue weighted by Crippen LogP contribution is 2.26. The van der Waals surface area contributed by atoms with Crippen LogP contribution in [0.25, 0.3) is 0 Å². The van der Waals surface area contributed by atoms with E-state index in [0.29, 0.717) is 0 Å². The average molecular weight is 281 g/mol.